The van der Waals surface area contributed by atoms with Gasteiger partial charge < -0.3 is 10.2 Å². The SMILES string of the molecule is CC(CCc1ccccc1)NC(=O)/C=C\C(=O)N1CCN(C(c2ccc(F)cc2)c2ccc(F)cc2)CC1. The summed E-state index contributed by atoms with van der Waals surface area (Å²) in [6, 6.07) is 22.5. The molecule has 7 heteroatoms. The molecule has 1 atom stereocenters. The number of nitrogens with zero attached hydrogens (tertiary/aromatic N) is 2. The lowest BCUT2D eigenvalue weighted by Gasteiger charge is -2.39. The molecule has 1 N–H and O–H groups in total. The van der Waals surface area contributed by atoms with E-state index in [4.69, 9.17) is 0 Å². The monoisotopic (exact) mass is 517 g/mol. The molecular formula is C31H33F2N3O2. The van der Waals surface area contributed by atoms with Gasteiger partial charge in [0.2, 0.25) is 11.8 Å². The third kappa shape index (κ3) is 7.59. The molecule has 1 aliphatic heterocycles. The summed E-state index contributed by atoms with van der Waals surface area (Å²) in [5.74, 6) is -1.13. The van der Waals surface area contributed by atoms with Gasteiger partial charge in [-0.2, -0.15) is 0 Å². The van der Waals surface area contributed by atoms with E-state index in [-0.39, 0.29) is 35.5 Å². The predicted octanol–water partition coefficient (Wildman–Crippen LogP) is 4.89. The van der Waals surface area contributed by atoms with E-state index in [9.17, 15) is 18.4 Å². The first-order chi connectivity index (χ1) is 18.4. The average Bonchev–Trinajstić information content (AvgIpc) is 2.94. The highest BCUT2D eigenvalue weighted by Gasteiger charge is 2.28. The highest BCUT2D eigenvalue weighted by molar-refractivity contribution is 5.96. The predicted molar refractivity (Wildman–Crippen MR) is 144 cm³/mol. The van der Waals surface area contributed by atoms with Crippen molar-refractivity contribution in [2.75, 3.05) is 26.2 Å². The Balaban J connectivity index is 1.30. The van der Waals surface area contributed by atoms with E-state index in [1.54, 1.807) is 29.2 Å². The summed E-state index contributed by atoms with van der Waals surface area (Å²) < 4.78 is 27.1. The zero-order valence-corrected chi connectivity index (χ0v) is 21.5. The van der Waals surface area contributed by atoms with Crippen LogP contribution in [0.25, 0.3) is 0 Å². The van der Waals surface area contributed by atoms with Crippen molar-refractivity contribution < 1.29 is 18.4 Å². The summed E-state index contributed by atoms with van der Waals surface area (Å²) >= 11 is 0. The fourth-order valence-electron chi connectivity index (χ4n) is 4.75. The fourth-order valence-corrected chi connectivity index (χ4v) is 4.75. The highest BCUT2D eigenvalue weighted by Crippen LogP contribution is 2.30. The number of rotatable bonds is 9. The molecule has 38 heavy (non-hydrogen) atoms. The van der Waals surface area contributed by atoms with Crippen LogP contribution in [0.4, 0.5) is 8.78 Å². The van der Waals surface area contributed by atoms with Gasteiger partial charge in [0, 0.05) is 44.4 Å². The minimum atomic E-state index is -0.316. The number of benzene rings is 3. The molecule has 1 fully saturated rings. The van der Waals surface area contributed by atoms with E-state index < -0.39 is 0 Å². The van der Waals surface area contributed by atoms with Gasteiger partial charge in [-0.3, -0.25) is 14.5 Å². The van der Waals surface area contributed by atoms with Gasteiger partial charge >= 0.3 is 0 Å². The number of amides is 2. The van der Waals surface area contributed by atoms with Crippen LogP contribution in [0.1, 0.15) is 36.1 Å². The Labute approximate surface area is 222 Å². The molecule has 0 aliphatic carbocycles. The van der Waals surface area contributed by atoms with Gasteiger partial charge in [-0.1, -0.05) is 54.6 Å². The maximum Gasteiger partial charge on any atom is 0.246 e. The molecule has 1 aliphatic rings. The van der Waals surface area contributed by atoms with Crippen LogP contribution in [0.2, 0.25) is 0 Å². The number of hydrogen-bond acceptors (Lipinski definition) is 3. The van der Waals surface area contributed by atoms with E-state index in [0.29, 0.717) is 26.2 Å². The van der Waals surface area contributed by atoms with Gasteiger partial charge in [0.25, 0.3) is 0 Å². The zero-order valence-electron chi connectivity index (χ0n) is 21.5. The minimum Gasteiger partial charge on any atom is -0.350 e. The van der Waals surface area contributed by atoms with Crippen LogP contribution in [0.15, 0.2) is 91.0 Å². The molecule has 1 unspecified atom stereocenters. The molecule has 0 saturated carbocycles. The van der Waals surface area contributed by atoms with Gasteiger partial charge in [0.15, 0.2) is 0 Å². The van der Waals surface area contributed by atoms with E-state index in [0.717, 1.165) is 24.0 Å². The van der Waals surface area contributed by atoms with Crippen molar-refractivity contribution in [2.24, 2.45) is 0 Å². The molecule has 1 saturated heterocycles. The van der Waals surface area contributed by atoms with Crippen molar-refractivity contribution in [1.82, 2.24) is 15.1 Å². The highest BCUT2D eigenvalue weighted by atomic mass is 19.1. The molecule has 0 bridgehead atoms. The van der Waals surface area contributed by atoms with Crippen LogP contribution in [0, 0.1) is 11.6 Å². The Kier molecular flexibility index (Phi) is 9.38. The first kappa shape index (κ1) is 27.2. The number of piperazine rings is 1. The van der Waals surface area contributed by atoms with Crippen LogP contribution in [-0.4, -0.2) is 53.8 Å². The molecule has 1 heterocycles. The molecule has 3 aromatic rings. The lowest BCUT2D eigenvalue weighted by molar-refractivity contribution is -0.128. The third-order valence-corrected chi connectivity index (χ3v) is 6.84. The van der Waals surface area contributed by atoms with Crippen LogP contribution in [-0.2, 0) is 16.0 Å². The zero-order chi connectivity index (χ0) is 26.9. The summed E-state index contributed by atoms with van der Waals surface area (Å²) in [6.45, 7) is 4.09. The number of nitrogens with one attached hydrogen (secondary N) is 1. The molecule has 3 aromatic carbocycles. The first-order valence-electron chi connectivity index (χ1n) is 13.0. The maximum atomic E-state index is 13.6. The second kappa shape index (κ2) is 13.1. The molecular weight excluding hydrogens is 484 g/mol. The summed E-state index contributed by atoms with van der Waals surface area (Å²) in [5, 5.41) is 2.92. The van der Waals surface area contributed by atoms with E-state index >= 15 is 0 Å². The van der Waals surface area contributed by atoms with Crippen molar-refractivity contribution in [3.8, 4) is 0 Å². The Hall–Kier alpha value is -3.84. The van der Waals surface area contributed by atoms with Gasteiger partial charge in [-0.25, -0.2) is 8.78 Å². The Bertz CT molecular complexity index is 1180. The van der Waals surface area contributed by atoms with Crippen molar-refractivity contribution in [2.45, 2.75) is 31.8 Å². The van der Waals surface area contributed by atoms with Crippen LogP contribution < -0.4 is 5.32 Å². The van der Waals surface area contributed by atoms with E-state index in [1.165, 1.54) is 42.0 Å². The molecule has 4 rings (SSSR count). The molecule has 0 aromatic heterocycles. The second-order valence-corrected chi connectivity index (χ2v) is 9.63. The average molecular weight is 518 g/mol. The molecule has 0 spiro atoms. The number of halogens is 2. The Morgan fingerprint density at radius 2 is 1.37 bits per heavy atom. The van der Waals surface area contributed by atoms with Crippen molar-refractivity contribution >= 4 is 11.8 Å². The largest absolute Gasteiger partial charge is 0.350 e. The lowest BCUT2D eigenvalue weighted by atomic mass is 9.96. The Morgan fingerprint density at radius 1 is 0.816 bits per heavy atom. The molecule has 2 amide bonds. The van der Waals surface area contributed by atoms with Gasteiger partial charge in [-0.15, -0.1) is 0 Å². The quantitative estimate of drug-likeness (QED) is 0.411. The lowest BCUT2D eigenvalue weighted by Crippen LogP contribution is -2.49. The van der Waals surface area contributed by atoms with Crippen LogP contribution in [0.5, 0.6) is 0 Å². The number of carbonyl (C=O) groups is 2. The van der Waals surface area contributed by atoms with Gasteiger partial charge in [0.1, 0.15) is 11.6 Å². The van der Waals surface area contributed by atoms with Crippen molar-refractivity contribution in [3.63, 3.8) is 0 Å². The van der Waals surface area contributed by atoms with Crippen molar-refractivity contribution in [1.29, 1.82) is 0 Å². The standard InChI is InChI=1S/C31H33F2N3O2/c1-23(7-8-24-5-3-2-4-6-24)34-29(37)17-18-30(38)35-19-21-36(22-20-35)31(25-9-13-27(32)14-10-25)26-11-15-28(33)16-12-26/h2-6,9-18,23,31H,7-8,19-22H2,1H3,(H,34,37)/b18-17-. The summed E-state index contributed by atoms with van der Waals surface area (Å²) in [7, 11) is 0. The molecule has 198 valence electrons. The summed E-state index contributed by atoms with van der Waals surface area (Å²) in [6.07, 6.45) is 4.30. The normalized spacial score (nSPS) is 15.1. The minimum absolute atomic E-state index is 0.0131. The van der Waals surface area contributed by atoms with Crippen molar-refractivity contribution in [3.05, 3.63) is 119 Å². The second-order valence-electron chi connectivity index (χ2n) is 9.63. The topological polar surface area (TPSA) is 52.7 Å². The number of carbonyl (C=O) groups excluding carboxylic acids is 2. The maximum absolute atomic E-state index is 13.6. The van der Waals surface area contributed by atoms with E-state index in [2.05, 4.69) is 22.3 Å². The first-order valence-corrected chi connectivity index (χ1v) is 13.0. The van der Waals surface area contributed by atoms with Crippen LogP contribution >= 0.6 is 0 Å². The van der Waals surface area contributed by atoms with E-state index in [1.807, 2.05) is 25.1 Å². The van der Waals surface area contributed by atoms with Gasteiger partial charge in [-0.05, 0) is 60.7 Å². The Morgan fingerprint density at radius 3 is 1.92 bits per heavy atom. The number of hydrogen-bond donors (Lipinski definition) is 1. The van der Waals surface area contributed by atoms with Gasteiger partial charge in [0.05, 0.1) is 6.04 Å². The molecule has 5 nitrogen and oxygen atoms in total. The fraction of sp³-hybridized carbons (Fsp3) is 0.290. The molecule has 0 radical (unpaired) electrons. The number of aryl methyl sites for hydroxylation is 1. The smallest absolute Gasteiger partial charge is 0.246 e. The van der Waals surface area contributed by atoms with Crippen LogP contribution in [0.3, 0.4) is 0 Å². The third-order valence-electron chi connectivity index (χ3n) is 6.84. The summed E-state index contributed by atoms with van der Waals surface area (Å²) in [4.78, 5) is 29.0. The summed E-state index contributed by atoms with van der Waals surface area (Å²) in [5.41, 5.74) is 3.02.